The molecule has 34 heavy (non-hydrogen) atoms. The number of furan rings is 1. The van der Waals surface area contributed by atoms with Gasteiger partial charge in [-0.05, 0) is 59.1 Å². The molecule has 0 saturated heterocycles. The van der Waals surface area contributed by atoms with E-state index in [-0.39, 0.29) is 17.7 Å². The van der Waals surface area contributed by atoms with E-state index in [1.165, 1.54) is 25.4 Å². The molecule has 1 aliphatic rings. The molecule has 0 aliphatic heterocycles. The molecule has 178 valence electrons. The van der Waals surface area contributed by atoms with Gasteiger partial charge in [-0.15, -0.1) is 0 Å². The number of carbonyl (C=O) groups excluding carboxylic acids is 2. The minimum Gasteiger partial charge on any atom is -0.493 e. The number of carbonyl (C=O) groups is 2. The Morgan fingerprint density at radius 2 is 1.79 bits per heavy atom. The minimum absolute atomic E-state index is 0.0615. The molecule has 1 unspecified atom stereocenters. The van der Waals surface area contributed by atoms with Crippen molar-refractivity contribution in [2.24, 2.45) is 0 Å². The maximum absolute atomic E-state index is 13.9. The number of halogens is 1. The number of nitrogens with zero attached hydrogens (tertiary/aromatic N) is 1. The van der Waals surface area contributed by atoms with Crippen molar-refractivity contribution in [1.29, 1.82) is 0 Å². The Hall–Kier alpha value is -3.26. The molecule has 0 spiro atoms. The zero-order chi connectivity index (χ0) is 24.1. The fourth-order valence-corrected chi connectivity index (χ4v) is 4.88. The lowest BCUT2D eigenvalue weighted by Crippen LogP contribution is -2.46. The molecule has 1 fully saturated rings. The summed E-state index contributed by atoms with van der Waals surface area (Å²) in [6.45, 7) is 0. The van der Waals surface area contributed by atoms with Gasteiger partial charge in [-0.3, -0.25) is 14.5 Å². The second-order valence-corrected chi connectivity index (χ2v) is 8.93. The van der Waals surface area contributed by atoms with Gasteiger partial charge in [0.15, 0.2) is 17.3 Å². The Kier molecular flexibility index (Phi) is 7.57. The van der Waals surface area contributed by atoms with E-state index in [4.69, 9.17) is 13.9 Å². The van der Waals surface area contributed by atoms with Crippen molar-refractivity contribution in [3.05, 3.63) is 76.7 Å². The van der Waals surface area contributed by atoms with Gasteiger partial charge in [-0.2, -0.15) is 0 Å². The highest BCUT2D eigenvalue weighted by molar-refractivity contribution is 9.10. The maximum Gasteiger partial charge on any atom is 0.295 e. The fraction of sp³-hybridized carbons (Fsp3) is 0.308. The summed E-state index contributed by atoms with van der Waals surface area (Å²) in [6.07, 6.45) is 5.39. The zero-order valence-electron chi connectivity index (χ0n) is 19.1. The van der Waals surface area contributed by atoms with E-state index >= 15 is 0 Å². The molecule has 4 rings (SSSR count). The first-order valence-electron chi connectivity index (χ1n) is 11.2. The molecule has 2 amide bonds. The van der Waals surface area contributed by atoms with Crippen molar-refractivity contribution in [1.82, 2.24) is 5.32 Å². The molecule has 1 atom stereocenters. The van der Waals surface area contributed by atoms with Crippen LogP contribution in [-0.4, -0.2) is 32.1 Å². The minimum atomic E-state index is -1.04. The first-order chi connectivity index (χ1) is 16.5. The van der Waals surface area contributed by atoms with Gasteiger partial charge in [0.05, 0.1) is 26.2 Å². The van der Waals surface area contributed by atoms with Gasteiger partial charge >= 0.3 is 0 Å². The van der Waals surface area contributed by atoms with Crippen LogP contribution in [0, 0.1) is 0 Å². The first-order valence-corrected chi connectivity index (χ1v) is 12.0. The van der Waals surface area contributed by atoms with Crippen LogP contribution in [0.2, 0.25) is 0 Å². The van der Waals surface area contributed by atoms with E-state index < -0.39 is 11.9 Å². The van der Waals surface area contributed by atoms with Crippen LogP contribution in [0.4, 0.5) is 5.69 Å². The van der Waals surface area contributed by atoms with Crippen molar-refractivity contribution in [2.75, 3.05) is 19.1 Å². The number of amides is 2. The molecule has 1 N–H and O–H groups in total. The van der Waals surface area contributed by atoms with Crippen LogP contribution in [0.25, 0.3) is 0 Å². The smallest absolute Gasteiger partial charge is 0.295 e. The third-order valence-electron chi connectivity index (χ3n) is 6.00. The largest absolute Gasteiger partial charge is 0.493 e. The van der Waals surface area contributed by atoms with Crippen molar-refractivity contribution in [3.63, 3.8) is 0 Å². The number of anilines is 1. The fourth-order valence-electron chi connectivity index (χ4n) is 4.41. The Bertz CT molecular complexity index is 1140. The van der Waals surface area contributed by atoms with E-state index in [0.717, 1.165) is 25.7 Å². The molecule has 3 aromatic rings. The molecule has 8 heteroatoms. The summed E-state index contributed by atoms with van der Waals surface area (Å²) in [7, 11) is 3.05. The van der Waals surface area contributed by atoms with Gasteiger partial charge in [0.2, 0.25) is 5.91 Å². The highest BCUT2D eigenvalue weighted by atomic mass is 79.9. The summed E-state index contributed by atoms with van der Waals surface area (Å²) >= 11 is 3.56. The third kappa shape index (κ3) is 4.82. The lowest BCUT2D eigenvalue weighted by atomic mass is 10.00. The Labute approximate surface area is 207 Å². The second-order valence-electron chi connectivity index (χ2n) is 8.08. The zero-order valence-corrected chi connectivity index (χ0v) is 20.7. The van der Waals surface area contributed by atoms with E-state index in [1.807, 2.05) is 18.2 Å². The average molecular weight is 527 g/mol. The summed E-state index contributed by atoms with van der Waals surface area (Å²) in [5.74, 6) is 0.232. The van der Waals surface area contributed by atoms with E-state index in [0.29, 0.717) is 27.2 Å². The molecular formula is C26H27BrN2O5. The Morgan fingerprint density at radius 1 is 1.03 bits per heavy atom. The molecule has 0 bridgehead atoms. The summed E-state index contributed by atoms with van der Waals surface area (Å²) in [5, 5.41) is 3.16. The van der Waals surface area contributed by atoms with Crippen molar-refractivity contribution < 1.29 is 23.5 Å². The van der Waals surface area contributed by atoms with Crippen LogP contribution in [0.3, 0.4) is 0 Å². The number of hydrogen-bond acceptors (Lipinski definition) is 5. The van der Waals surface area contributed by atoms with Gasteiger partial charge in [0.25, 0.3) is 5.91 Å². The van der Waals surface area contributed by atoms with Crippen molar-refractivity contribution in [3.8, 4) is 11.5 Å². The number of methoxy groups -OCH3 is 2. The van der Waals surface area contributed by atoms with Gasteiger partial charge in [-0.25, -0.2) is 0 Å². The molecule has 0 radical (unpaired) electrons. The number of nitrogens with one attached hydrogen (secondary N) is 1. The van der Waals surface area contributed by atoms with Gasteiger partial charge in [0, 0.05) is 16.1 Å². The lowest BCUT2D eigenvalue weighted by Gasteiger charge is -2.33. The first kappa shape index (κ1) is 23.9. The maximum atomic E-state index is 13.9. The van der Waals surface area contributed by atoms with Crippen LogP contribution in [-0.2, 0) is 4.79 Å². The van der Waals surface area contributed by atoms with Crippen LogP contribution in [0.5, 0.6) is 11.5 Å². The van der Waals surface area contributed by atoms with Gasteiger partial charge < -0.3 is 19.2 Å². The van der Waals surface area contributed by atoms with Crippen molar-refractivity contribution in [2.45, 2.75) is 37.8 Å². The molecular weight excluding hydrogens is 500 g/mol. The number of rotatable bonds is 8. The summed E-state index contributed by atoms with van der Waals surface area (Å²) in [4.78, 5) is 29.2. The Balaban J connectivity index is 1.90. The summed E-state index contributed by atoms with van der Waals surface area (Å²) in [6, 6.07) is 14.8. The van der Waals surface area contributed by atoms with E-state index in [1.54, 1.807) is 36.4 Å². The third-order valence-corrected chi connectivity index (χ3v) is 6.67. The van der Waals surface area contributed by atoms with Gasteiger partial charge in [-0.1, -0.05) is 37.1 Å². The van der Waals surface area contributed by atoms with Crippen LogP contribution >= 0.6 is 15.9 Å². The molecule has 2 aromatic carbocycles. The van der Waals surface area contributed by atoms with Crippen LogP contribution in [0.1, 0.15) is 47.8 Å². The number of ether oxygens (including phenoxy) is 2. The Morgan fingerprint density at radius 3 is 2.44 bits per heavy atom. The predicted molar refractivity (Wildman–Crippen MR) is 132 cm³/mol. The van der Waals surface area contributed by atoms with Gasteiger partial charge in [0.1, 0.15) is 6.04 Å². The topological polar surface area (TPSA) is 81.0 Å². The van der Waals surface area contributed by atoms with Crippen LogP contribution < -0.4 is 19.7 Å². The van der Waals surface area contributed by atoms with Crippen LogP contribution in [0.15, 0.2) is 69.8 Å². The van der Waals surface area contributed by atoms with E-state index in [9.17, 15) is 9.59 Å². The molecule has 1 saturated carbocycles. The molecule has 7 nitrogen and oxygen atoms in total. The second kappa shape index (κ2) is 10.8. The standard InChI is InChI=1S/C26H27BrN2O5/c1-32-21-14-7-11-18(24(21)33-2)23(25(30)28-17-9-3-4-10-17)29(20-13-6-5-12-19(20)27)26(31)22-15-8-16-34-22/h5-8,11-17,23H,3-4,9-10H2,1-2H3,(H,28,30). The van der Waals surface area contributed by atoms with E-state index in [2.05, 4.69) is 21.2 Å². The number of benzene rings is 2. The lowest BCUT2D eigenvalue weighted by molar-refractivity contribution is -0.123. The number of para-hydroxylation sites is 2. The molecule has 1 aromatic heterocycles. The number of hydrogen-bond donors (Lipinski definition) is 1. The monoisotopic (exact) mass is 526 g/mol. The van der Waals surface area contributed by atoms with Crippen molar-refractivity contribution >= 4 is 33.4 Å². The normalized spacial score (nSPS) is 14.4. The highest BCUT2D eigenvalue weighted by Gasteiger charge is 2.38. The summed E-state index contributed by atoms with van der Waals surface area (Å²) in [5.41, 5.74) is 1.04. The average Bonchev–Trinajstić information content (AvgIpc) is 3.57. The highest BCUT2D eigenvalue weighted by Crippen LogP contribution is 2.41. The SMILES string of the molecule is COc1cccc(C(C(=O)NC2CCCC2)N(C(=O)c2ccco2)c2ccccc2Br)c1OC. The molecule has 1 aliphatic carbocycles. The predicted octanol–water partition coefficient (Wildman–Crippen LogP) is 5.51. The quantitative estimate of drug-likeness (QED) is 0.418. The summed E-state index contributed by atoms with van der Waals surface area (Å²) < 4.78 is 17.3. The molecule has 1 heterocycles.